The molecule has 260 valence electrons. The summed E-state index contributed by atoms with van der Waals surface area (Å²) < 4.78 is 62.0. The van der Waals surface area contributed by atoms with Gasteiger partial charge in [0.2, 0.25) is 10.6 Å². The highest BCUT2D eigenvalue weighted by Gasteiger charge is 2.54. The first-order valence-electron chi connectivity index (χ1n) is 13.6. The smallest absolute Gasteiger partial charge is 0.387 e. The largest absolute Gasteiger partial charge is 0.472 e. The number of rotatable bonds is 2. The van der Waals surface area contributed by atoms with Gasteiger partial charge in [0, 0.05) is 0 Å². The van der Waals surface area contributed by atoms with Gasteiger partial charge in [-0.3, -0.25) is 27.2 Å². The van der Waals surface area contributed by atoms with Crippen LogP contribution in [0.2, 0.25) is 30.7 Å². The predicted molar refractivity (Wildman–Crippen MR) is 171 cm³/mol. The number of nitrogens with zero attached hydrogens (tertiary/aromatic N) is 4. The van der Waals surface area contributed by atoms with Crippen molar-refractivity contribution in [2.75, 3.05) is 13.2 Å². The molecule has 6 unspecified atom stereocenters. The second-order valence-electron chi connectivity index (χ2n) is 10.8. The van der Waals surface area contributed by atoms with Crippen LogP contribution < -0.4 is 0 Å². The lowest BCUT2D eigenvalue weighted by molar-refractivity contribution is -0.0672. The van der Waals surface area contributed by atoms with Gasteiger partial charge in [-0.1, -0.05) is 46.4 Å². The quantitative estimate of drug-likeness (QED) is 0.183. The molecule has 3 saturated heterocycles. The van der Waals surface area contributed by atoms with Gasteiger partial charge in [-0.15, -0.1) is 0 Å². The molecule has 2 aromatic heterocycles. The molecular formula is C24H20Cl6N4O12P2. The average molecular weight is 831 g/mol. The zero-order valence-corrected chi connectivity index (χ0v) is 29.7. The molecule has 7 rings (SSSR count). The lowest BCUT2D eigenvalue weighted by Crippen LogP contribution is -2.38. The fraction of sp³-hybridized carbons (Fsp3) is 0.417. The van der Waals surface area contributed by atoms with Crippen molar-refractivity contribution in [1.29, 1.82) is 0 Å². The Labute approximate surface area is 299 Å². The molecule has 3 aliphatic heterocycles. The highest BCUT2D eigenvalue weighted by molar-refractivity contribution is 7.47. The minimum atomic E-state index is -5.12. The molecular weight excluding hydrogens is 811 g/mol. The van der Waals surface area contributed by atoms with Crippen LogP contribution in [0, 0.1) is 0 Å². The van der Waals surface area contributed by atoms with Crippen LogP contribution in [-0.4, -0.2) is 88.9 Å². The van der Waals surface area contributed by atoms with Crippen LogP contribution in [0.1, 0.15) is 12.5 Å². The first kappa shape index (κ1) is 35.6. The minimum Gasteiger partial charge on any atom is -0.387 e. The first-order valence-corrected chi connectivity index (χ1v) is 18.8. The zero-order valence-electron chi connectivity index (χ0n) is 23.3. The number of phosphoric ester groups is 2. The number of ether oxygens (including phenoxy) is 2. The van der Waals surface area contributed by atoms with Gasteiger partial charge in [0.15, 0.2) is 12.5 Å². The number of benzene rings is 2. The number of imidazole rings is 2. The van der Waals surface area contributed by atoms with Crippen molar-refractivity contribution in [2.45, 2.75) is 49.1 Å². The van der Waals surface area contributed by atoms with Crippen molar-refractivity contribution < 1.29 is 56.7 Å². The van der Waals surface area contributed by atoms with E-state index in [2.05, 4.69) is 9.97 Å². The summed E-state index contributed by atoms with van der Waals surface area (Å²) >= 11 is 37.4. The summed E-state index contributed by atoms with van der Waals surface area (Å²) in [6.07, 6.45) is -13.0. The molecule has 4 N–H and O–H groups in total. The molecule has 0 radical (unpaired) electrons. The van der Waals surface area contributed by atoms with E-state index in [-0.39, 0.29) is 52.7 Å². The van der Waals surface area contributed by atoms with E-state index in [0.717, 1.165) is 0 Å². The van der Waals surface area contributed by atoms with Crippen molar-refractivity contribution >= 4 is 107 Å². The summed E-state index contributed by atoms with van der Waals surface area (Å²) in [4.78, 5) is 30.0. The zero-order chi connectivity index (χ0) is 34.4. The third kappa shape index (κ3) is 6.42. The molecule has 0 aliphatic carbocycles. The van der Waals surface area contributed by atoms with E-state index < -0.39 is 77.9 Å². The molecule has 0 saturated carbocycles. The maximum atomic E-state index is 13.3. The average Bonchev–Trinajstić information content (AvgIpc) is 3.67. The number of aromatic nitrogens is 4. The molecule has 5 heterocycles. The van der Waals surface area contributed by atoms with Crippen molar-refractivity contribution in [1.82, 2.24) is 19.1 Å². The third-order valence-electron chi connectivity index (χ3n) is 7.83. The first-order chi connectivity index (χ1) is 22.5. The topological polar surface area (TPSA) is 206 Å². The van der Waals surface area contributed by atoms with Gasteiger partial charge in [-0.2, -0.15) is 0 Å². The molecule has 10 atom stereocenters. The molecule has 3 aliphatic rings. The van der Waals surface area contributed by atoms with Crippen molar-refractivity contribution in [3.8, 4) is 0 Å². The van der Waals surface area contributed by atoms with Crippen LogP contribution in [0.15, 0.2) is 24.3 Å². The van der Waals surface area contributed by atoms with E-state index in [0.29, 0.717) is 0 Å². The maximum absolute atomic E-state index is 13.3. The summed E-state index contributed by atoms with van der Waals surface area (Å²) in [6.45, 7) is -1.67. The van der Waals surface area contributed by atoms with Gasteiger partial charge in [-0.05, 0) is 47.5 Å². The van der Waals surface area contributed by atoms with Crippen molar-refractivity contribution in [3.63, 3.8) is 0 Å². The summed E-state index contributed by atoms with van der Waals surface area (Å²) in [7, 11) is -10.2. The highest BCUT2D eigenvalue weighted by atomic mass is 35.5. The van der Waals surface area contributed by atoms with Crippen LogP contribution in [0.25, 0.3) is 22.1 Å². The lowest BCUT2D eigenvalue weighted by Gasteiger charge is -2.26. The van der Waals surface area contributed by atoms with E-state index in [1.807, 2.05) is 0 Å². The van der Waals surface area contributed by atoms with E-state index in [1.54, 1.807) is 0 Å². The number of fused-ring (bicyclic) bond motifs is 6. The van der Waals surface area contributed by atoms with E-state index in [4.69, 9.17) is 97.2 Å². The molecule has 24 heteroatoms. The van der Waals surface area contributed by atoms with Gasteiger partial charge in [0.05, 0.1) is 55.4 Å². The number of hydrogen-bond acceptors (Lipinski definition) is 12. The molecule has 2 aromatic carbocycles. The molecule has 0 spiro atoms. The molecule has 16 nitrogen and oxygen atoms in total. The van der Waals surface area contributed by atoms with Crippen LogP contribution in [0.3, 0.4) is 0 Å². The minimum absolute atomic E-state index is 0.106. The van der Waals surface area contributed by atoms with E-state index in [1.165, 1.54) is 33.4 Å². The van der Waals surface area contributed by atoms with Crippen LogP contribution in [0.5, 0.6) is 0 Å². The Morgan fingerprint density at radius 1 is 0.646 bits per heavy atom. The summed E-state index contributed by atoms with van der Waals surface area (Å²) in [5.41, 5.74) is 0.972. The van der Waals surface area contributed by atoms with Gasteiger partial charge < -0.3 is 29.5 Å². The molecule has 0 amide bonds. The Kier molecular flexibility index (Phi) is 9.63. The second-order valence-corrected chi connectivity index (χ2v) is 15.9. The summed E-state index contributed by atoms with van der Waals surface area (Å²) in [6, 6.07) is 5.61. The monoisotopic (exact) mass is 828 g/mol. The predicted octanol–water partition coefficient (Wildman–Crippen LogP) is 5.54. The van der Waals surface area contributed by atoms with Crippen LogP contribution >= 0.6 is 85.3 Å². The third-order valence-corrected chi connectivity index (χ3v) is 11.8. The summed E-state index contributed by atoms with van der Waals surface area (Å²) in [5.74, 6) is 0. The molecule has 4 bridgehead atoms. The summed E-state index contributed by atoms with van der Waals surface area (Å²) in [5, 5.41) is 22.5. The number of phosphoric acid groups is 2. The Morgan fingerprint density at radius 2 is 1.00 bits per heavy atom. The fourth-order valence-electron chi connectivity index (χ4n) is 5.66. The van der Waals surface area contributed by atoms with Gasteiger partial charge in [-0.25, -0.2) is 19.1 Å². The van der Waals surface area contributed by atoms with Gasteiger partial charge in [0.1, 0.15) is 36.6 Å². The maximum Gasteiger partial charge on any atom is 0.472 e. The highest BCUT2D eigenvalue weighted by Crippen LogP contribution is 2.54. The van der Waals surface area contributed by atoms with Crippen LogP contribution in [-0.2, 0) is 36.7 Å². The standard InChI is InChI=1S/C24H20Cl6N4O12P2/c25-7-1-11-13(3-9(7)27)33(23(29)31-11)21-19-17(35)15(43-21)5-41-48(39,40)46-20-18(36)16(6-42-47(37,38)45-19)44-22(20)34-14-4-10(28)8(26)2-12(14)32-24(34)30/h1-4,15-22,35-36H,5-6H2,(H,37,38)(H,39,40)/t15-,16-,17?,18?,19?,20?,21-,22-/m1/s1. The lowest BCUT2D eigenvalue weighted by atomic mass is 10.1. The Balaban J connectivity index is 1.24. The fourth-order valence-corrected chi connectivity index (χ4v) is 8.72. The Morgan fingerprint density at radius 3 is 1.38 bits per heavy atom. The Bertz CT molecular complexity index is 1890. The van der Waals surface area contributed by atoms with Crippen molar-refractivity contribution in [3.05, 3.63) is 54.9 Å². The second kappa shape index (κ2) is 13.0. The molecule has 4 aromatic rings. The number of aliphatic hydroxyl groups is 2. The van der Waals surface area contributed by atoms with Gasteiger partial charge >= 0.3 is 15.6 Å². The SMILES string of the molecule is O=P1(O)OC[C@H]2O[C@@H](n3c(Cl)nc4cc(Cl)c(Cl)cc43)C(OP(=O)(O)OC[C@H]3O[C@@H](n4c(Cl)nc5cc(Cl)c(Cl)cc54)C(O1)C3O)C2O. The van der Waals surface area contributed by atoms with E-state index in [9.17, 15) is 29.1 Å². The van der Waals surface area contributed by atoms with Gasteiger partial charge in [0.25, 0.3) is 0 Å². The number of aliphatic hydroxyl groups excluding tert-OH is 2. The molecule has 48 heavy (non-hydrogen) atoms. The van der Waals surface area contributed by atoms with E-state index >= 15 is 0 Å². The van der Waals surface area contributed by atoms with Crippen LogP contribution in [0.4, 0.5) is 0 Å². The normalized spacial score (nSPS) is 36.2. The Hall–Kier alpha value is -0.820. The molecule has 3 fully saturated rings. The van der Waals surface area contributed by atoms with Crippen molar-refractivity contribution in [2.24, 2.45) is 0 Å². The number of halogens is 6. The number of hydrogen-bond donors (Lipinski definition) is 4.